The van der Waals surface area contributed by atoms with Crippen LogP contribution >= 0.6 is 24.0 Å². The van der Waals surface area contributed by atoms with E-state index >= 15 is 0 Å². The number of benzene rings is 1. The smallest absolute Gasteiger partial charge is 0.232 e. The van der Waals surface area contributed by atoms with Crippen LogP contribution in [0.4, 0.5) is 11.8 Å². The highest BCUT2D eigenvalue weighted by molar-refractivity contribution is 7.99. The van der Waals surface area contributed by atoms with Crippen molar-refractivity contribution in [1.29, 1.82) is 0 Å². The molecule has 3 aromatic rings. The molecule has 1 fully saturated rings. The first-order valence-corrected chi connectivity index (χ1v) is 12.6. The molecule has 0 spiro atoms. The molecule has 1 aliphatic heterocycles. The summed E-state index contributed by atoms with van der Waals surface area (Å²) in [5.41, 5.74) is 1.33. The van der Waals surface area contributed by atoms with Crippen LogP contribution in [0, 0.1) is 0 Å². The summed E-state index contributed by atoms with van der Waals surface area (Å²) >= 11 is 6.94. The molecule has 0 radical (unpaired) electrons. The van der Waals surface area contributed by atoms with Crippen LogP contribution in [0.3, 0.4) is 0 Å². The fourth-order valence-corrected chi connectivity index (χ4v) is 4.73. The number of hydrogen-bond acceptors (Lipinski definition) is 7. The van der Waals surface area contributed by atoms with Crippen molar-refractivity contribution in [3.05, 3.63) is 60.4 Å². The molecular weight excluding hydrogens is 450 g/mol. The zero-order valence-electron chi connectivity index (χ0n) is 18.8. The maximum absolute atomic E-state index is 5.51. The lowest BCUT2D eigenvalue weighted by molar-refractivity contribution is 0.480. The maximum atomic E-state index is 5.51. The minimum absolute atomic E-state index is 0.440. The predicted molar refractivity (Wildman–Crippen MR) is 138 cm³/mol. The molecule has 33 heavy (non-hydrogen) atoms. The van der Waals surface area contributed by atoms with Gasteiger partial charge in [0.1, 0.15) is 10.8 Å². The Morgan fingerprint density at radius 3 is 2.73 bits per heavy atom. The summed E-state index contributed by atoms with van der Waals surface area (Å²) in [6, 6.07) is 14.7. The second-order valence-electron chi connectivity index (χ2n) is 8.03. The Labute approximate surface area is 204 Å². The number of aromatic nitrogens is 4. The van der Waals surface area contributed by atoms with E-state index in [0.29, 0.717) is 22.3 Å². The largest absolute Gasteiger partial charge is 0.362 e. The predicted octanol–water partition coefficient (Wildman–Crippen LogP) is 4.72. The van der Waals surface area contributed by atoms with Crippen molar-refractivity contribution in [2.24, 2.45) is 0 Å². The Morgan fingerprint density at radius 2 is 1.94 bits per heavy atom. The summed E-state index contributed by atoms with van der Waals surface area (Å²) in [5, 5.41) is 8.42. The fourth-order valence-electron chi connectivity index (χ4n) is 3.82. The van der Waals surface area contributed by atoms with E-state index in [1.54, 1.807) is 18.5 Å². The van der Waals surface area contributed by atoms with E-state index in [-0.39, 0.29) is 0 Å². The molecular formula is C24H29N7S2. The van der Waals surface area contributed by atoms with Crippen LogP contribution in [-0.4, -0.2) is 44.2 Å². The third kappa shape index (κ3) is 7.10. The topological polar surface area (TPSA) is 78.9 Å². The number of nitrogens with zero attached hydrogens (tertiary/aromatic N) is 5. The number of rotatable bonds is 8. The second kappa shape index (κ2) is 11.9. The molecule has 3 heterocycles. The van der Waals surface area contributed by atoms with Gasteiger partial charge in [-0.05, 0) is 74.6 Å². The first kappa shape index (κ1) is 23.4. The van der Waals surface area contributed by atoms with Crippen molar-refractivity contribution >= 4 is 40.9 Å². The van der Waals surface area contributed by atoms with Gasteiger partial charge < -0.3 is 15.5 Å². The summed E-state index contributed by atoms with van der Waals surface area (Å²) in [7, 11) is 0. The summed E-state index contributed by atoms with van der Waals surface area (Å²) in [5.74, 6) is 1.40. The quantitative estimate of drug-likeness (QED) is 0.206. The monoisotopic (exact) mass is 479 g/mol. The van der Waals surface area contributed by atoms with Crippen molar-refractivity contribution in [3.63, 3.8) is 0 Å². The third-order valence-corrected chi connectivity index (χ3v) is 6.58. The van der Waals surface area contributed by atoms with Crippen LogP contribution in [-0.2, 0) is 6.42 Å². The Bertz CT molecular complexity index is 1030. The van der Waals surface area contributed by atoms with E-state index in [0.717, 1.165) is 36.8 Å². The van der Waals surface area contributed by atoms with Crippen LogP contribution in [0.2, 0.25) is 0 Å². The number of hydrogen-bond donors (Lipinski definition) is 2. The minimum Gasteiger partial charge on any atom is -0.362 e. The van der Waals surface area contributed by atoms with E-state index in [9.17, 15) is 0 Å². The summed E-state index contributed by atoms with van der Waals surface area (Å²) < 4.78 is 0. The molecule has 1 atom stereocenters. The molecule has 0 unspecified atom stereocenters. The molecule has 7 nitrogen and oxygen atoms in total. The van der Waals surface area contributed by atoms with Gasteiger partial charge in [-0.2, -0.15) is 4.98 Å². The molecule has 2 aromatic heterocycles. The van der Waals surface area contributed by atoms with Crippen LogP contribution in [0.1, 0.15) is 38.2 Å². The molecule has 0 aliphatic carbocycles. The lowest BCUT2D eigenvalue weighted by atomic mass is 10.0. The van der Waals surface area contributed by atoms with Crippen molar-refractivity contribution in [3.8, 4) is 0 Å². The van der Waals surface area contributed by atoms with Crippen molar-refractivity contribution in [2.45, 2.75) is 55.3 Å². The molecule has 0 saturated carbocycles. The van der Waals surface area contributed by atoms with Crippen LogP contribution in [0.5, 0.6) is 0 Å². The van der Waals surface area contributed by atoms with Gasteiger partial charge in [0.2, 0.25) is 5.95 Å². The minimum atomic E-state index is 0.440. The van der Waals surface area contributed by atoms with Gasteiger partial charge in [-0.1, -0.05) is 30.3 Å². The van der Waals surface area contributed by atoms with Gasteiger partial charge in [0.15, 0.2) is 10.3 Å². The Hall–Kier alpha value is -2.78. The average molecular weight is 480 g/mol. The number of piperidine rings is 1. The van der Waals surface area contributed by atoms with Crippen molar-refractivity contribution < 1.29 is 0 Å². The third-order valence-electron chi connectivity index (χ3n) is 5.52. The van der Waals surface area contributed by atoms with Gasteiger partial charge in [0, 0.05) is 37.6 Å². The van der Waals surface area contributed by atoms with Gasteiger partial charge in [-0.15, -0.1) is 0 Å². The molecule has 4 rings (SSSR count). The molecule has 1 aliphatic rings. The molecule has 1 saturated heterocycles. The van der Waals surface area contributed by atoms with Crippen molar-refractivity contribution in [1.82, 2.24) is 25.3 Å². The molecule has 2 N–H and O–H groups in total. The van der Waals surface area contributed by atoms with Gasteiger partial charge in [0.05, 0.1) is 0 Å². The van der Waals surface area contributed by atoms with Gasteiger partial charge >= 0.3 is 0 Å². The van der Waals surface area contributed by atoms with E-state index in [1.807, 2.05) is 12.1 Å². The summed E-state index contributed by atoms with van der Waals surface area (Å²) in [6.07, 6.45) is 9.05. The first-order valence-electron chi connectivity index (χ1n) is 11.4. The van der Waals surface area contributed by atoms with E-state index in [4.69, 9.17) is 17.2 Å². The lowest BCUT2D eigenvalue weighted by Gasteiger charge is -2.34. The lowest BCUT2D eigenvalue weighted by Crippen LogP contribution is -2.38. The SMILES string of the molecule is C[C@H]1CCCCN1c1cc(Sc2ncccn2)nc(NC(=S)NCCCc2ccccc2)n1. The number of aryl methyl sites for hydroxylation is 1. The van der Waals surface area contributed by atoms with Crippen molar-refractivity contribution in [2.75, 3.05) is 23.3 Å². The second-order valence-corrected chi connectivity index (χ2v) is 9.43. The standard InChI is InChI=1S/C24H29N7S2/c1-18-9-5-6-16-31(18)20-17-21(33-24-26-14-8-15-27-24)29-22(28-20)30-23(32)25-13-7-12-19-10-3-2-4-11-19/h2-4,8,10-11,14-15,17-18H,5-7,9,12-13,16H2,1H3,(H2,25,28,29,30,32)/t18-/m0/s1. The highest BCUT2D eigenvalue weighted by Crippen LogP contribution is 2.29. The molecule has 1 aromatic carbocycles. The van der Waals surface area contributed by atoms with E-state index in [2.05, 4.69) is 61.7 Å². The normalized spacial score (nSPS) is 15.8. The Morgan fingerprint density at radius 1 is 1.12 bits per heavy atom. The van der Waals surface area contributed by atoms with Gasteiger partial charge in [0.25, 0.3) is 0 Å². The maximum Gasteiger partial charge on any atom is 0.232 e. The van der Waals surface area contributed by atoms with Crippen LogP contribution in [0.15, 0.2) is 65.0 Å². The van der Waals surface area contributed by atoms with E-state index < -0.39 is 0 Å². The highest BCUT2D eigenvalue weighted by atomic mass is 32.2. The zero-order chi connectivity index (χ0) is 22.9. The van der Waals surface area contributed by atoms with E-state index in [1.165, 1.54) is 36.6 Å². The molecule has 9 heteroatoms. The Balaban J connectivity index is 1.42. The Kier molecular flexibility index (Phi) is 8.43. The molecule has 0 bridgehead atoms. The first-order chi connectivity index (χ1) is 16.2. The fraction of sp³-hybridized carbons (Fsp3) is 0.375. The van der Waals surface area contributed by atoms with Gasteiger partial charge in [-0.25, -0.2) is 15.0 Å². The molecule has 0 amide bonds. The number of nitrogens with one attached hydrogen (secondary N) is 2. The van der Waals surface area contributed by atoms with Gasteiger partial charge in [-0.3, -0.25) is 0 Å². The molecule has 172 valence electrons. The number of anilines is 2. The van der Waals surface area contributed by atoms with Crippen LogP contribution < -0.4 is 15.5 Å². The average Bonchev–Trinajstić information content (AvgIpc) is 2.83. The summed E-state index contributed by atoms with van der Waals surface area (Å²) in [4.78, 5) is 20.4. The van der Waals surface area contributed by atoms with Crippen LogP contribution in [0.25, 0.3) is 0 Å². The summed E-state index contributed by atoms with van der Waals surface area (Å²) in [6.45, 7) is 4.02. The zero-order valence-corrected chi connectivity index (χ0v) is 20.4. The highest BCUT2D eigenvalue weighted by Gasteiger charge is 2.21. The number of thiocarbonyl (C=S) groups is 1.